The van der Waals surface area contributed by atoms with Crippen molar-refractivity contribution in [3.8, 4) is 0 Å². The van der Waals surface area contributed by atoms with Gasteiger partial charge in [-0.25, -0.2) is 4.98 Å². The molecule has 1 fully saturated rings. The molecule has 0 atom stereocenters. The van der Waals surface area contributed by atoms with Crippen LogP contribution in [0.2, 0.25) is 0 Å². The predicted octanol–water partition coefficient (Wildman–Crippen LogP) is 0.0571. The Morgan fingerprint density at radius 2 is 2.05 bits per heavy atom. The molecule has 1 amide bonds. The van der Waals surface area contributed by atoms with Crippen LogP contribution in [0.4, 0.5) is 5.82 Å². The zero-order valence-corrected chi connectivity index (χ0v) is 12.9. The first kappa shape index (κ1) is 15.7. The largest absolute Gasteiger partial charge is 0.354 e. The second kappa shape index (κ2) is 6.87. The summed E-state index contributed by atoms with van der Waals surface area (Å²) in [6.07, 6.45) is 1.81. The molecule has 2 heterocycles. The van der Waals surface area contributed by atoms with E-state index in [2.05, 4.69) is 20.1 Å². The lowest BCUT2D eigenvalue weighted by Gasteiger charge is -2.35. The molecule has 1 aliphatic rings. The van der Waals surface area contributed by atoms with Crippen LogP contribution in [0.5, 0.6) is 0 Å². The Balaban J connectivity index is 1.78. The van der Waals surface area contributed by atoms with Gasteiger partial charge >= 0.3 is 0 Å². The summed E-state index contributed by atoms with van der Waals surface area (Å²) >= 11 is 0. The molecular weight excluding hydrogens is 266 g/mol. The van der Waals surface area contributed by atoms with Gasteiger partial charge in [0.2, 0.25) is 5.91 Å². The summed E-state index contributed by atoms with van der Waals surface area (Å²) in [6.45, 7) is 8.26. The summed E-state index contributed by atoms with van der Waals surface area (Å²) < 4.78 is 0. The number of pyridine rings is 1. The van der Waals surface area contributed by atoms with E-state index in [1.165, 1.54) is 0 Å². The van der Waals surface area contributed by atoms with Crippen LogP contribution in [0.1, 0.15) is 13.8 Å². The standard InChI is InChI=1S/C15H25N5O/c1-15(2,12-16)18-14(21)11-19-7-9-20(10-8-19)13-5-3-4-6-17-13/h3-6H,7-12,16H2,1-2H3,(H,18,21). The number of aromatic nitrogens is 1. The molecule has 116 valence electrons. The summed E-state index contributed by atoms with van der Waals surface area (Å²) in [4.78, 5) is 20.8. The van der Waals surface area contributed by atoms with Crippen LogP contribution in [0.3, 0.4) is 0 Å². The molecule has 0 aliphatic carbocycles. The van der Waals surface area contributed by atoms with Gasteiger partial charge in [0.1, 0.15) is 5.82 Å². The van der Waals surface area contributed by atoms with E-state index in [1.807, 2.05) is 38.2 Å². The van der Waals surface area contributed by atoms with Gasteiger partial charge in [-0.15, -0.1) is 0 Å². The number of rotatable bonds is 5. The molecule has 6 nitrogen and oxygen atoms in total. The molecule has 0 aromatic carbocycles. The maximum atomic E-state index is 12.0. The molecule has 0 bridgehead atoms. The van der Waals surface area contributed by atoms with Gasteiger partial charge in [-0.2, -0.15) is 0 Å². The molecule has 0 radical (unpaired) electrons. The minimum Gasteiger partial charge on any atom is -0.354 e. The monoisotopic (exact) mass is 291 g/mol. The number of nitrogens with one attached hydrogen (secondary N) is 1. The molecule has 0 spiro atoms. The van der Waals surface area contributed by atoms with Gasteiger partial charge < -0.3 is 16.0 Å². The van der Waals surface area contributed by atoms with Crippen LogP contribution in [0.15, 0.2) is 24.4 Å². The number of anilines is 1. The third kappa shape index (κ3) is 4.68. The van der Waals surface area contributed by atoms with E-state index in [1.54, 1.807) is 0 Å². The van der Waals surface area contributed by atoms with Crippen molar-refractivity contribution in [1.82, 2.24) is 15.2 Å². The first-order chi connectivity index (χ1) is 10.00. The zero-order valence-electron chi connectivity index (χ0n) is 12.9. The quantitative estimate of drug-likeness (QED) is 0.802. The average Bonchev–Trinajstić information content (AvgIpc) is 2.48. The van der Waals surface area contributed by atoms with Crippen LogP contribution in [0, 0.1) is 0 Å². The van der Waals surface area contributed by atoms with Crippen LogP contribution < -0.4 is 16.0 Å². The van der Waals surface area contributed by atoms with E-state index in [0.29, 0.717) is 13.1 Å². The van der Waals surface area contributed by atoms with Crippen molar-refractivity contribution in [2.75, 3.05) is 44.2 Å². The Kier molecular flexibility index (Phi) is 5.14. The Morgan fingerprint density at radius 1 is 1.33 bits per heavy atom. The van der Waals surface area contributed by atoms with E-state index in [4.69, 9.17) is 5.73 Å². The first-order valence-corrected chi connectivity index (χ1v) is 7.39. The highest BCUT2D eigenvalue weighted by molar-refractivity contribution is 5.78. The lowest BCUT2D eigenvalue weighted by molar-refractivity contribution is -0.123. The van der Waals surface area contributed by atoms with E-state index < -0.39 is 0 Å². The summed E-state index contributed by atoms with van der Waals surface area (Å²) in [5.74, 6) is 1.04. The SMILES string of the molecule is CC(C)(CN)NC(=O)CN1CCN(c2ccccn2)CC1. The maximum absolute atomic E-state index is 12.0. The number of carbonyl (C=O) groups excluding carboxylic acids is 1. The van der Waals surface area contributed by atoms with Gasteiger partial charge in [-0.1, -0.05) is 6.07 Å². The number of amides is 1. The molecule has 1 aromatic heterocycles. The summed E-state index contributed by atoms with van der Waals surface area (Å²) in [7, 11) is 0. The molecule has 0 saturated carbocycles. The topological polar surface area (TPSA) is 74.5 Å². The lowest BCUT2D eigenvalue weighted by Crippen LogP contribution is -2.54. The number of nitrogens with zero attached hydrogens (tertiary/aromatic N) is 3. The second-order valence-electron chi connectivity index (χ2n) is 6.09. The van der Waals surface area contributed by atoms with Crippen molar-refractivity contribution < 1.29 is 4.79 Å². The maximum Gasteiger partial charge on any atom is 0.234 e. The Bertz CT molecular complexity index is 454. The smallest absolute Gasteiger partial charge is 0.234 e. The fourth-order valence-corrected chi connectivity index (χ4v) is 2.35. The molecular formula is C15H25N5O. The molecule has 1 aromatic rings. The molecule has 2 rings (SSSR count). The average molecular weight is 291 g/mol. The third-order valence-corrected chi connectivity index (χ3v) is 3.70. The highest BCUT2D eigenvalue weighted by Gasteiger charge is 2.23. The van der Waals surface area contributed by atoms with E-state index >= 15 is 0 Å². The lowest BCUT2D eigenvalue weighted by atomic mass is 10.1. The Morgan fingerprint density at radius 3 is 2.62 bits per heavy atom. The number of piperazine rings is 1. The normalized spacial score (nSPS) is 16.8. The van der Waals surface area contributed by atoms with E-state index in [0.717, 1.165) is 32.0 Å². The number of carbonyl (C=O) groups is 1. The zero-order chi connectivity index (χ0) is 15.3. The second-order valence-corrected chi connectivity index (χ2v) is 6.09. The Hall–Kier alpha value is -1.66. The molecule has 1 saturated heterocycles. The predicted molar refractivity (Wildman–Crippen MR) is 84.2 cm³/mol. The van der Waals surface area contributed by atoms with Crippen molar-refractivity contribution in [1.29, 1.82) is 0 Å². The van der Waals surface area contributed by atoms with E-state index in [-0.39, 0.29) is 11.4 Å². The number of hydrogen-bond donors (Lipinski definition) is 2. The molecule has 21 heavy (non-hydrogen) atoms. The summed E-state index contributed by atoms with van der Waals surface area (Å²) in [6, 6.07) is 5.94. The highest BCUT2D eigenvalue weighted by atomic mass is 16.2. The fraction of sp³-hybridized carbons (Fsp3) is 0.600. The highest BCUT2D eigenvalue weighted by Crippen LogP contribution is 2.12. The molecule has 6 heteroatoms. The fourth-order valence-electron chi connectivity index (χ4n) is 2.35. The van der Waals surface area contributed by atoms with Crippen molar-refractivity contribution in [3.63, 3.8) is 0 Å². The summed E-state index contributed by atoms with van der Waals surface area (Å²) in [5.41, 5.74) is 5.29. The van der Waals surface area contributed by atoms with Crippen molar-refractivity contribution in [2.24, 2.45) is 5.73 Å². The molecule has 0 unspecified atom stereocenters. The van der Waals surface area contributed by atoms with Gasteiger partial charge in [0.25, 0.3) is 0 Å². The van der Waals surface area contributed by atoms with Gasteiger partial charge in [0.15, 0.2) is 0 Å². The van der Waals surface area contributed by atoms with Gasteiger partial charge in [0.05, 0.1) is 6.54 Å². The van der Waals surface area contributed by atoms with Gasteiger partial charge in [-0.05, 0) is 26.0 Å². The van der Waals surface area contributed by atoms with Gasteiger partial charge in [-0.3, -0.25) is 9.69 Å². The molecule has 1 aliphatic heterocycles. The Labute approximate surface area is 126 Å². The van der Waals surface area contributed by atoms with Crippen LogP contribution >= 0.6 is 0 Å². The van der Waals surface area contributed by atoms with E-state index in [9.17, 15) is 4.79 Å². The van der Waals surface area contributed by atoms with Crippen molar-refractivity contribution >= 4 is 11.7 Å². The summed E-state index contributed by atoms with van der Waals surface area (Å²) in [5, 5.41) is 2.96. The third-order valence-electron chi connectivity index (χ3n) is 3.70. The minimum atomic E-state index is -0.340. The van der Waals surface area contributed by atoms with Crippen LogP contribution in [-0.4, -0.2) is 60.6 Å². The molecule has 3 N–H and O–H groups in total. The number of hydrogen-bond acceptors (Lipinski definition) is 5. The van der Waals surface area contributed by atoms with Gasteiger partial charge in [0, 0.05) is 44.5 Å². The minimum absolute atomic E-state index is 0.0386. The van der Waals surface area contributed by atoms with Crippen molar-refractivity contribution in [2.45, 2.75) is 19.4 Å². The number of nitrogens with two attached hydrogens (primary N) is 1. The van der Waals surface area contributed by atoms with Crippen LogP contribution in [-0.2, 0) is 4.79 Å². The first-order valence-electron chi connectivity index (χ1n) is 7.39. The van der Waals surface area contributed by atoms with Crippen molar-refractivity contribution in [3.05, 3.63) is 24.4 Å². The van der Waals surface area contributed by atoms with Crippen LogP contribution in [0.25, 0.3) is 0 Å².